The second kappa shape index (κ2) is 6.67. The molecule has 5 heteroatoms. The number of hydrogen-bond donors (Lipinski definition) is 0. The molecule has 5 aliphatic rings. The molecule has 0 aromatic rings. The van der Waals surface area contributed by atoms with Gasteiger partial charge in [0.15, 0.2) is 0 Å². The Balaban J connectivity index is 1.43. The van der Waals surface area contributed by atoms with E-state index < -0.39 is 0 Å². The second-order valence-electron chi connectivity index (χ2n) is 11.2. The first-order valence-corrected chi connectivity index (χ1v) is 11.9. The van der Waals surface area contributed by atoms with E-state index in [2.05, 4.69) is 31.9 Å². The molecule has 164 valence electrons. The normalized spacial score (nSPS) is 46.8. The molecule has 8 atom stereocenters. The molecule has 0 radical (unpaired) electrons. The molecule has 3 fully saturated rings. The maximum absolute atomic E-state index is 12.2. The van der Waals surface area contributed by atoms with Crippen molar-refractivity contribution in [2.24, 2.45) is 39.6 Å². The van der Waals surface area contributed by atoms with Gasteiger partial charge < -0.3 is 4.74 Å². The van der Waals surface area contributed by atoms with Crippen molar-refractivity contribution in [2.75, 3.05) is 0 Å². The lowest BCUT2D eigenvalue weighted by Gasteiger charge is -2.58. The SMILES string of the molecule is CC(=O)O[C@H]1CC[C@@]2(C)C(=CCC3C4CC5C(C(C)=NN5C(C)=O)[C@@]4(C)CCC32)C1. The third-order valence-electron chi connectivity index (χ3n) is 9.77. The zero-order valence-corrected chi connectivity index (χ0v) is 19.1. The van der Waals surface area contributed by atoms with Crippen molar-refractivity contribution < 1.29 is 14.3 Å². The first kappa shape index (κ1) is 20.3. The molecular weight excluding hydrogens is 376 g/mol. The molecule has 3 saturated carbocycles. The molecule has 5 unspecified atom stereocenters. The van der Waals surface area contributed by atoms with Crippen molar-refractivity contribution in [3.05, 3.63) is 11.6 Å². The predicted octanol–water partition coefficient (Wildman–Crippen LogP) is 4.71. The first-order chi connectivity index (χ1) is 14.1. The predicted molar refractivity (Wildman–Crippen MR) is 116 cm³/mol. The molecule has 30 heavy (non-hydrogen) atoms. The summed E-state index contributed by atoms with van der Waals surface area (Å²) in [5.41, 5.74) is 3.19. The number of esters is 1. The fraction of sp³-hybridized carbons (Fsp3) is 0.800. The van der Waals surface area contributed by atoms with Crippen LogP contribution in [-0.4, -0.2) is 34.7 Å². The Hall–Kier alpha value is -1.65. The standard InChI is InChI=1S/C25H36N2O3/c1-14-23-22(27(26-14)15(2)28)13-21-19-7-6-17-12-18(30-16(3)29)8-10-24(17,4)20(19)9-11-25(21,23)5/h6,18-23H,7-13H2,1-5H3/t18-,19?,20?,21?,22?,23?,24-,25-/m0/s1. The second-order valence-corrected chi connectivity index (χ2v) is 11.2. The summed E-state index contributed by atoms with van der Waals surface area (Å²) in [6.45, 7) is 10.3. The van der Waals surface area contributed by atoms with Crippen LogP contribution in [0.5, 0.6) is 0 Å². The van der Waals surface area contributed by atoms with Crippen LogP contribution < -0.4 is 0 Å². The van der Waals surface area contributed by atoms with E-state index in [1.807, 2.05) is 0 Å². The molecule has 4 aliphatic carbocycles. The van der Waals surface area contributed by atoms with Gasteiger partial charge in [-0.15, -0.1) is 0 Å². The summed E-state index contributed by atoms with van der Waals surface area (Å²) in [6, 6.07) is 0.258. The molecule has 0 bridgehead atoms. The van der Waals surface area contributed by atoms with E-state index in [1.165, 1.54) is 31.1 Å². The van der Waals surface area contributed by atoms with Crippen molar-refractivity contribution in [1.29, 1.82) is 0 Å². The topological polar surface area (TPSA) is 59.0 Å². The molecule has 0 saturated heterocycles. The van der Waals surface area contributed by atoms with Gasteiger partial charge in [-0.3, -0.25) is 9.59 Å². The number of nitrogens with zero attached hydrogens (tertiary/aromatic N) is 2. The largest absolute Gasteiger partial charge is 0.462 e. The average molecular weight is 413 g/mol. The Morgan fingerprint density at radius 2 is 1.93 bits per heavy atom. The highest BCUT2D eigenvalue weighted by Crippen LogP contribution is 2.67. The molecule has 0 aromatic heterocycles. The van der Waals surface area contributed by atoms with Crippen LogP contribution >= 0.6 is 0 Å². The molecular formula is C25H36N2O3. The van der Waals surface area contributed by atoms with Gasteiger partial charge in [-0.1, -0.05) is 25.5 Å². The van der Waals surface area contributed by atoms with Crippen LogP contribution in [0.4, 0.5) is 0 Å². The van der Waals surface area contributed by atoms with E-state index in [4.69, 9.17) is 4.74 Å². The van der Waals surface area contributed by atoms with E-state index in [-0.39, 0.29) is 34.9 Å². The Labute approximate surface area is 180 Å². The number of hydrazone groups is 1. The number of fused-ring (bicyclic) bond motifs is 7. The Bertz CT molecular complexity index is 847. The lowest BCUT2D eigenvalue weighted by Crippen LogP contribution is -2.51. The van der Waals surface area contributed by atoms with Gasteiger partial charge in [0.2, 0.25) is 5.91 Å². The molecule has 0 aromatic carbocycles. The van der Waals surface area contributed by atoms with Crippen molar-refractivity contribution in [1.82, 2.24) is 5.01 Å². The fourth-order valence-electron chi connectivity index (χ4n) is 8.58. The lowest BCUT2D eigenvalue weighted by molar-refractivity contribution is -0.148. The highest BCUT2D eigenvalue weighted by Gasteiger charge is 2.64. The summed E-state index contributed by atoms with van der Waals surface area (Å²) in [5.74, 6) is 2.40. The number of ether oxygens (including phenoxy) is 1. The van der Waals surface area contributed by atoms with E-state index >= 15 is 0 Å². The summed E-state index contributed by atoms with van der Waals surface area (Å²) in [5, 5.41) is 6.47. The minimum Gasteiger partial charge on any atom is -0.462 e. The van der Waals surface area contributed by atoms with Gasteiger partial charge in [0.05, 0.1) is 6.04 Å². The monoisotopic (exact) mass is 412 g/mol. The van der Waals surface area contributed by atoms with Gasteiger partial charge in [-0.2, -0.15) is 5.10 Å². The highest BCUT2D eigenvalue weighted by atomic mass is 16.5. The average Bonchev–Trinajstić information content (AvgIpc) is 3.16. The van der Waals surface area contributed by atoms with E-state index in [0.29, 0.717) is 23.7 Å². The van der Waals surface area contributed by atoms with Crippen LogP contribution in [-0.2, 0) is 14.3 Å². The van der Waals surface area contributed by atoms with E-state index in [1.54, 1.807) is 11.9 Å². The summed E-state index contributed by atoms with van der Waals surface area (Å²) in [7, 11) is 0. The van der Waals surface area contributed by atoms with Gasteiger partial charge in [0, 0.05) is 31.9 Å². The number of rotatable bonds is 1. The van der Waals surface area contributed by atoms with Crippen LogP contribution in [0.25, 0.3) is 0 Å². The van der Waals surface area contributed by atoms with Crippen LogP contribution in [0, 0.1) is 34.5 Å². The van der Waals surface area contributed by atoms with Crippen molar-refractivity contribution in [3.63, 3.8) is 0 Å². The summed E-state index contributed by atoms with van der Waals surface area (Å²) in [4.78, 5) is 23.7. The zero-order valence-electron chi connectivity index (χ0n) is 19.1. The summed E-state index contributed by atoms with van der Waals surface area (Å²) in [6.07, 6.45) is 10.3. The molecule has 5 rings (SSSR count). The maximum atomic E-state index is 12.2. The quantitative estimate of drug-likeness (QED) is 0.463. The van der Waals surface area contributed by atoms with Crippen molar-refractivity contribution in [2.45, 2.75) is 91.7 Å². The third kappa shape index (κ3) is 2.69. The minimum absolute atomic E-state index is 0.0565. The smallest absolute Gasteiger partial charge is 0.302 e. The zero-order chi connectivity index (χ0) is 21.4. The van der Waals surface area contributed by atoms with Crippen molar-refractivity contribution >= 4 is 17.6 Å². The highest BCUT2D eigenvalue weighted by molar-refractivity contribution is 5.91. The Kier molecular flexibility index (Phi) is 4.51. The number of amides is 1. The molecule has 1 heterocycles. The van der Waals surface area contributed by atoms with Crippen LogP contribution in [0.15, 0.2) is 16.8 Å². The van der Waals surface area contributed by atoms with Crippen LogP contribution in [0.1, 0.15) is 79.6 Å². The van der Waals surface area contributed by atoms with Gasteiger partial charge in [-0.05, 0) is 74.0 Å². The maximum Gasteiger partial charge on any atom is 0.302 e. The number of carbonyl (C=O) groups excluding carboxylic acids is 2. The van der Waals surface area contributed by atoms with Crippen molar-refractivity contribution in [3.8, 4) is 0 Å². The summed E-state index contributed by atoms with van der Waals surface area (Å²) < 4.78 is 5.57. The molecule has 0 N–H and O–H groups in total. The third-order valence-corrected chi connectivity index (χ3v) is 9.77. The number of carbonyl (C=O) groups is 2. The van der Waals surface area contributed by atoms with Crippen LogP contribution in [0.3, 0.4) is 0 Å². The van der Waals surface area contributed by atoms with Gasteiger partial charge in [-0.25, -0.2) is 5.01 Å². The summed E-state index contributed by atoms with van der Waals surface area (Å²) >= 11 is 0. The molecule has 1 amide bonds. The first-order valence-electron chi connectivity index (χ1n) is 11.9. The van der Waals surface area contributed by atoms with E-state index in [9.17, 15) is 9.59 Å². The molecule has 0 spiro atoms. The molecule has 5 nitrogen and oxygen atoms in total. The Morgan fingerprint density at radius 3 is 2.63 bits per heavy atom. The number of allylic oxidation sites excluding steroid dienone is 1. The van der Waals surface area contributed by atoms with Gasteiger partial charge in [0.25, 0.3) is 0 Å². The van der Waals surface area contributed by atoms with Gasteiger partial charge >= 0.3 is 5.97 Å². The Morgan fingerprint density at radius 1 is 1.17 bits per heavy atom. The minimum atomic E-state index is -0.157. The fourth-order valence-corrected chi connectivity index (χ4v) is 8.58. The van der Waals surface area contributed by atoms with Crippen LogP contribution in [0.2, 0.25) is 0 Å². The van der Waals surface area contributed by atoms with Gasteiger partial charge in [0.1, 0.15) is 6.10 Å². The number of hydrogen-bond acceptors (Lipinski definition) is 4. The van der Waals surface area contributed by atoms with E-state index in [0.717, 1.165) is 32.1 Å². The molecule has 1 aliphatic heterocycles. The lowest BCUT2D eigenvalue weighted by atomic mass is 9.47.